The van der Waals surface area contributed by atoms with Crippen LogP contribution in [0.1, 0.15) is 0 Å². The van der Waals surface area contributed by atoms with E-state index in [0.29, 0.717) is 5.82 Å². The van der Waals surface area contributed by atoms with Crippen molar-refractivity contribution in [3.8, 4) is 56.2 Å². The van der Waals surface area contributed by atoms with E-state index in [-0.39, 0.29) is 0 Å². The van der Waals surface area contributed by atoms with E-state index < -0.39 is 0 Å². The Morgan fingerprint density at radius 3 is 1.60 bits per heavy atom. The standard InChI is InChI=1S/C44H28N2O/c1-4-14-29(15-5-1)38-27-39-37-25-13-24-34(42(37)47-43(39)36-23-11-10-22-35(36)38)32-20-12-21-33(26-32)41-28-40(30-16-6-2-7-17-30)45-44(46-41)31-18-8-3-9-19-31/h1-28H. The first-order valence-corrected chi connectivity index (χ1v) is 15.8. The van der Waals surface area contributed by atoms with Crippen LogP contribution in [-0.4, -0.2) is 9.97 Å². The van der Waals surface area contributed by atoms with Crippen LogP contribution in [0.2, 0.25) is 0 Å². The fourth-order valence-electron chi connectivity index (χ4n) is 6.62. The summed E-state index contributed by atoms with van der Waals surface area (Å²) < 4.78 is 6.82. The Balaban J connectivity index is 1.22. The van der Waals surface area contributed by atoms with Gasteiger partial charge in [-0.05, 0) is 40.3 Å². The fourth-order valence-corrected chi connectivity index (χ4v) is 6.62. The van der Waals surface area contributed by atoms with E-state index in [1.807, 2.05) is 36.4 Å². The smallest absolute Gasteiger partial charge is 0.160 e. The lowest BCUT2D eigenvalue weighted by molar-refractivity contribution is 0.674. The number of hydrogen-bond acceptors (Lipinski definition) is 3. The van der Waals surface area contributed by atoms with Crippen LogP contribution in [-0.2, 0) is 0 Å². The SMILES string of the molecule is c1ccc(-c2cc(-c3cccc(-c4cccc5c4oc4c6ccccc6c(-c6ccccc6)cc54)c3)nc(-c3ccccc3)n2)cc1. The summed E-state index contributed by atoms with van der Waals surface area (Å²) in [5.41, 5.74) is 11.1. The predicted molar refractivity (Wildman–Crippen MR) is 194 cm³/mol. The van der Waals surface area contributed by atoms with Gasteiger partial charge in [0, 0.05) is 38.4 Å². The lowest BCUT2D eigenvalue weighted by Crippen LogP contribution is -1.96. The zero-order chi connectivity index (χ0) is 31.2. The zero-order valence-electron chi connectivity index (χ0n) is 25.5. The number of hydrogen-bond donors (Lipinski definition) is 0. The number of fused-ring (bicyclic) bond motifs is 5. The number of para-hydroxylation sites is 1. The van der Waals surface area contributed by atoms with Gasteiger partial charge >= 0.3 is 0 Å². The highest BCUT2D eigenvalue weighted by atomic mass is 16.3. The molecule has 7 aromatic carbocycles. The molecule has 0 atom stereocenters. The Labute approximate surface area is 272 Å². The maximum absolute atomic E-state index is 6.82. The molecule has 0 N–H and O–H groups in total. The summed E-state index contributed by atoms with van der Waals surface area (Å²) in [4.78, 5) is 10.0. The first-order valence-electron chi connectivity index (χ1n) is 15.8. The lowest BCUT2D eigenvalue weighted by atomic mass is 9.94. The molecule has 0 saturated carbocycles. The molecule has 0 aliphatic rings. The summed E-state index contributed by atoms with van der Waals surface area (Å²) >= 11 is 0. The summed E-state index contributed by atoms with van der Waals surface area (Å²) in [6.45, 7) is 0. The van der Waals surface area contributed by atoms with Crippen LogP contribution in [0.15, 0.2) is 174 Å². The first-order chi connectivity index (χ1) is 23.3. The number of rotatable bonds is 5. The minimum absolute atomic E-state index is 0.702. The Morgan fingerprint density at radius 2 is 0.851 bits per heavy atom. The average molecular weight is 601 g/mol. The van der Waals surface area contributed by atoms with E-state index in [9.17, 15) is 0 Å². The van der Waals surface area contributed by atoms with Gasteiger partial charge in [-0.15, -0.1) is 0 Å². The van der Waals surface area contributed by atoms with Crippen molar-refractivity contribution in [2.45, 2.75) is 0 Å². The second-order valence-electron chi connectivity index (χ2n) is 11.8. The third kappa shape index (κ3) is 4.77. The number of nitrogens with zero attached hydrogens (tertiary/aromatic N) is 2. The van der Waals surface area contributed by atoms with Gasteiger partial charge in [-0.25, -0.2) is 9.97 Å². The zero-order valence-corrected chi connectivity index (χ0v) is 25.5. The van der Waals surface area contributed by atoms with Crippen molar-refractivity contribution in [3.05, 3.63) is 170 Å². The van der Waals surface area contributed by atoms with Crippen LogP contribution in [0.5, 0.6) is 0 Å². The lowest BCUT2D eigenvalue weighted by Gasteiger charge is -2.11. The largest absolute Gasteiger partial charge is 0.455 e. The highest BCUT2D eigenvalue weighted by molar-refractivity contribution is 6.20. The Kier molecular flexibility index (Phi) is 6.46. The Morgan fingerprint density at radius 1 is 0.319 bits per heavy atom. The van der Waals surface area contributed by atoms with Gasteiger partial charge in [0.1, 0.15) is 11.2 Å². The van der Waals surface area contributed by atoms with Crippen LogP contribution in [0.3, 0.4) is 0 Å². The molecule has 3 nitrogen and oxygen atoms in total. The molecule has 0 amide bonds. The molecule has 0 unspecified atom stereocenters. The Hall–Kier alpha value is -6.32. The predicted octanol–water partition coefficient (Wildman–Crippen LogP) is 11.9. The molecular formula is C44H28N2O. The quantitative estimate of drug-likeness (QED) is 0.197. The molecule has 47 heavy (non-hydrogen) atoms. The van der Waals surface area contributed by atoms with Gasteiger partial charge < -0.3 is 4.42 Å². The van der Waals surface area contributed by atoms with Gasteiger partial charge in [-0.3, -0.25) is 0 Å². The normalized spacial score (nSPS) is 11.4. The minimum Gasteiger partial charge on any atom is -0.455 e. The van der Waals surface area contributed by atoms with Gasteiger partial charge in [0.2, 0.25) is 0 Å². The fraction of sp³-hybridized carbons (Fsp3) is 0. The summed E-state index contributed by atoms with van der Waals surface area (Å²) in [6.07, 6.45) is 0. The van der Waals surface area contributed by atoms with Crippen LogP contribution in [0, 0.1) is 0 Å². The van der Waals surface area contributed by atoms with Crippen molar-refractivity contribution in [2.75, 3.05) is 0 Å². The van der Waals surface area contributed by atoms with Crippen molar-refractivity contribution in [1.82, 2.24) is 9.97 Å². The van der Waals surface area contributed by atoms with Gasteiger partial charge in [0.05, 0.1) is 11.4 Å². The molecular weight excluding hydrogens is 572 g/mol. The van der Waals surface area contributed by atoms with Crippen LogP contribution in [0.4, 0.5) is 0 Å². The van der Waals surface area contributed by atoms with E-state index in [2.05, 4.69) is 133 Å². The molecule has 3 heteroatoms. The summed E-state index contributed by atoms with van der Waals surface area (Å²) in [5.74, 6) is 0.702. The molecule has 0 bridgehead atoms. The van der Waals surface area contributed by atoms with Gasteiger partial charge in [-0.1, -0.05) is 152 Å². The molecule has 0 saturated heterocycles. The van der Waals surface area contributed by atoms with Gasteiger partial charge in [0.15, 0.2) is 5.82 Å². The number of furan rings is 1. The molecule has 9 aromatic rings. The maximum atomic E-state index is 6.82. The Bertz CT molecular complexity index is 2500. The van der Waals surface area contributed by atoms with E-state index in [4.69, 9.17) is 14.4 Å². The monoisotopic (exact) mass is 600 g/mol. The third-order valence-corrected chi connectivity index (χ3v) is 8.89. The van der Waals surface area contributed by atoms with Crippen molar-refractivity contribution in [2.24, 2.45) is 0 Å². The molecule has 0 aliphatic heterocycles. The minimum atomic E-state index is 0.702. The highest BCUT2D eigenvalue weighted by Gasteiger charge is 2.18. The van der Waals surface area contributed by atoms with E-state index in [1.54, 1.807) is 0 Å². The van der Waals surface area contributed by atoms with Crippen molar-refractivity contribution in [3.63, 3.8) is 0 Å². The number of aromatic nitrogens is 2. The summed E-state index contributed by atoms with van der Waals surface area (Å²) in [5, 5.41) is 4.51. The van der Waals surface area contributed by atoms with E-state index >= 15 is 0 Å². The van der Waals surface area contributed by atoms with Crippen LogP contribution >= 0.6 is 0 Å². The molecule has 220 valence electrons. The number of benzene rings is 7. The van der Waals surface area contributed by atoms with Gasteiger partial charge in [0.25, 0.3) is 0 Å². The second kappa shape index (κ2) is 11.2. The van der Waals surface area contributed by atoms with Crippen molar-refractivity contribution >= 4 is 32.7 Å². The van der Waals surface area contributed by atoms with E-state index in [0.717, 1.165) is 66.5 Å². The second-order valence-corrected chi connectivity index (χ2v) is 11.8. The average Bonchev–Trinajstić information content (AvgIpc) is 3.55. The molecule has 0 spiro atoms. The molecule has 0 fully saturated rings. The van der Waals surface area contributed by atoms with Crippen LogP contribution < -0.4 is 0 Å². The van der Waals surface area contributed by atoms with E-state index in [1.165, 1.54) is 16.5 Å². The van der Waals surface area contributed by atoms with Crippen molar-refractivity contribution < 1.29 is 4.42 Å². The summed E-state index contributed by atoms with van der Waals surface area (Å²) in [7, 11) is 0. The molecule has 0 radical (unpaired) electrons. The summed E-state index contributed by atoms with van der Waals surface area (Å²) in [6, 6.07) is 59.0. The van der Waals surface area contributed by atoms with Crippen molar-refractivity contribution in [1.29, 1.82) is 0 Å². The first kappa shape index (κ1) is 27.0. The maximum Gasteiger partial charge on any atom is 0.160 e. The highest BCUT2D eigenvalue weighted by Crippen LogP contribution is 2.42. The van der Waals surface area contributed by atoms with Crippen LogP contribution in [0.25, 0.3) is 88.9 Å². The molecule has 9 rings (SSSR count). The molecule has 0 aliphatic carbocycles. The third-order valence-electron chi connectivity index (χ3n) is 8.89. The van der Waals surface area contributed by atoms with Gasteiger partial charge in [-0.2, -0.15) is 0 Å². The topological polar surface area (TPSA) is 38.9 Å². The molecule has 2 heterocycles. The molecule has 2 aromatic heterocycles.